The van der Waals surface area contributed by atoms with Crippen molar-refractivity contribution in [3.8, 4) is 10.4 Å². The maximum atomic E-state index is 11.4. The predicted molar refractivity (Wildman–Crippen MR) is 79.4 cm³/mol. The average molecular weight is 322 g/mol. The Morgan fingerprint density at radius 1 is 1.23 bits per heavy atom. The van der Waals surface area contributed by atoms with Crippen LogP contribution in [0.2, 0.25) is 0 Å². The summed E-state index contributed by atoms with van der Waals surface area (Å²) in [4.78, 5) is 33.1. The number of nitrogens with zero attached hydrogens (tertiary/aromatic N) is 2. The smallest absolute Gasteiger partial charge is 0.336 e. The molecule has 2 aromatic rings. The third-order valence-electron chi connectivity index (χ3n) is 3.00. The number of carbonyl (C=O) groups is 1. The minimum Gasteiger partial charge on any atom is -0.478 e. The van der Waals surface area contributed by atoms with Crippen molar-refractivity contribution in [2.45, 2.75) is 13.3 Å². The molecule has 0 atom stereocenters. The summed E-state index contributed by atoms with van der Waals surface area (Å²) in [7, 11) is 0. The van der Waals surface area contributed by atoms with Crippen LogP contribution >= 0.6 is 11.3 Å². The van der Waals surface area contributed by atoms with E-state index in [9.17, 15) is 30.1 Å². The second-order valence-electron chi connectivity index (χ2n) is 4.33. The molecule has 1 aromatic carbocycles. The molecule has 9 heteroatoms. The Morgan fingerprint density at radius 3 is 2.36 bits per heavy atom. The van der Waals surface area contributed by atoms with Crippen LogP contribution in [0.15, 0.2) is 24.3 Å². The number of carboxylic acids is 1. The molecular weight excluding hydrogens is 312 g/mol. The maximum Gasteiger partial charge on any atom is 0.336 e. The predicted octanol–water partition coefficient (Wildman–Crippen LogP) is 3.49. The van der Waals surface area contributed by atoms with Crippen LogP contribution in [-0.4, -0.2) is 20.9 Å². The first kappa shape index (κ1) is 15.6. The van der Waals surface area contributed by atoms with Crippen LogP contribution < -0.4 is 0 Å². The van der Waals surface area contributed by atoms with Gasteiger partial charge >= 0.3 is 5.97 Å². The Hall–Kier alpha value is -2.81. The van der Waals surface area contributed by atoms with E-state index in [2.05, 4.69) is 0 Å². The summed E-state index contributed by atoms with van der Waals surface area (Å²) in [6, 6.07) is 4.96. The van der Waals surface area contributed by atoms with Gasteiger partial charge in [0.05, 0.1) is 27.0 Å². The Bertz CT molecular complexity index is 748. The highest BCUT2D eigenvalue weighted by Gasteiger charge is 2.29. The number of aryl methyl sites for hydroxylation is 1. The van der Waals surface area contributed by atoms with Gasteiger partial charge in [0.1, 0.15) is 0 Å². The highest BCUT2D eigenvalue weighted by molar-refractivity contribution is 7.15. The average Bonchev–Trinajstić information content (AvgIpc) is 2.94. The van der Waals surface area contributed by atoms with Crippen molar-refractivity contribution >= 4 is 28.7 Å². The molecule has 0 aliphatic heterocycles. The van der Waals surface area contributed by atoms with E-state index in [0.717, 1.165) is 17.0 Å². The molecular formula is C13H10N2O6S. The number of nitro groups is 2. The van der Waals surface area contributed by atoms with Crippen LogP contribution in [0.3, 0.4) is 0 Å². The van der Waals surface area contributed by atoms with Gasteiger partial charge in [-0.2, -0.15) is 0 Å². The third kappa shape index (κ3) is 2.79. The van der Waals surface area contributed by atoms with Crippen molar-refractivity contribution in [2.75, 3.05) is 0 Å². The Balaban J connectivity index is 2.81. The van der Waals surface area contributed by atoms with E-state index in [4.69, 9.17) is 0 Å². The largest absolute Gasteiger partial charge is 0.478 e. The molecule has 0 saturated carbocycles. The van der Waals surface area contributed by atoms with Gasteiger partial charge in [0, 0.05) is 15.8 Å². The van der Waals surface area contributed by atoms with E-state index in [1.807, 2.05) is 6.92 Å². The minimum atomic E-state index is -1.45. The molecule has 0 aliphatic carbocycles. The molecule has 2 rings (SSSR count). The van der Waals surface area contributed by atoms with Gasteiger partial charge in [0.2, 0.25) is 0 Å². The van der Waals surface area contributed by atoms with E-state index in [1.165, 1.54) is 11.3 Å². The van der Waals surface area contributed by atoms with Crippen LogP contribution in [0.4, 0.5) is 11.4 Å². The minimum absolute atomic E-state index is 0.104. The number of aromatic carboxylic acids is 1. The van der Waals surface area contributed by atoms with Gasteiger partial charge in [-0.25, -0.2) is 4.79 Å². The van der Waals surface area contributed by atoms with E-state index in [0.29, 0.717) is 11.3 Å². The summed E-state index contributed by atoms with van der Waals surface area (Å²) in [5.74, 6) is -1.45. The first-order valence-electron chi connectivity index (χ1n) is 6.14. The number of benzene rings is 1. The second kappa shape index (κ2) is 5.90. The molecule has 0 radical (unpaired) electrons. The van der Waals surface area contributed by atoms with Crippen molar-refractivity contribution in [1.82, 2.24) is 0 Å². The van der Waals surface area contributed by atoms with E-state index >= 15 is 0 Å². The molecule has 0 bridgehead atoms. The van der Waals surface area contributed by atoms with Gasteiger partial charge in [-0.05, 0) is 18.6 Å². The summed E-state index contributed by atoms with van der Waals surface area (Å²) in [5, 5.41) is 31.3. The van der Waals surface area contributed by atoms with E-state index in [1.54, 1.807) is 12.1 Å². The zero-order valence-electron chi connectivity index (χ0n) is 11.3. The fraction of sp³-hybridized carbons (Fsp3) is 0.154. The van der Waals surface area contributed by atoms with Gasteiger partial charge in [0.25, 0.3) is 11.4 Å². The lowest BCUT2D eigenvalue weighted by Gasteiger charge is -2.05. The first-order valence-corrected chi connectivity index (χ1v) is 6.96. The number of hydrogen-bond donors (Lipinski definition) is 1. The molecule has 1 N–H and O–H groups in total. The van der Waals surface area contributed by atoms with Crippen LogP contribution in [0.25, 0.3) is 10.4 Å². The standard InChI is InChI=1S/C13H10N2O6S/c1-2-8-3-4-11(22-8)12-9(13(16)17)5-7(14(18)19)6-10(12)15(20)21/h3-6H,2H2,1H3,(H,16,17). The van der Waals surface area contributed by atoms with Crippen LogP contribution in [0.1, 0.15) is 22.2 Å². The topological polar surface area (TPSA) is 124 Å². The quantitative estimate of drug-likeness (QED) is 0.663. The second-order valence-corrected chi connectivity index (χ2v) is 5.49. The van der Waals surface area contributed by atoms with E-state index < -0.39 is 32.8 Å². The lowest BCUT2D eigenvalue weighted by Crippen LogP contribution is -2.04. The molecule has 1 aromatic heterocycles. The molecule has 0 fully saturated rings. The number of rotatable bonds is 5. The fourth-order valence-electron chi connectivity index (χ4n) is 1.99. The Morgan fingerprint density at radius 2 is 1.91 bits per heavy atom. The Labute approximate surface area is 127 Å². The number of hydrogen-bond acceptors (Lipinski definition) is 6. The molecule has 0 spiro atoms. The fourth-order valence-corrected chi connectivity index (χ4v) is 3.01. The molecule has 0 saturated heterocycles. The lowest BCUT2D eigenvalue weighted by molar-refractivity contribution is -0.393. The lowest BCUT2D eigenvalue weighted by atomic mass is 10.0. The zero-order valence-corrected chi connectivity index (χ0v) is 12.1. The van der Waals surface area contributed by atoms with Gasteiger partial charge in [-0.1, -0.05) is 6.92 Å². The number of carboxylic acid groups (broad SMARTS) is 1. The summed E-state index contributed by atoms with van der Waals surface area (Å²) < 4.78 is 0. The highest BCUT2D eigenvalue weighted by atomic mass is 32.1. The SMILES string of the molecule is CCc1ccc(-c2c(C(=O)O)cc([N+](=O)[O-])cc2[N+](=O)[O-])s1. The first-order chi connectivity index (χ1) is 10.3. The summed E-state index contributed by atoms with van der Waals surface area (Å²) in [5.41, 5.74) is -1.77. The molecule has 0 amide bonds. The molecule has 22 heavy (non-hydrogen) atoms. The van der Waals surface area contributed by atoms with Crippen molar-refractivity contribution in [3.05, 3.63) is 54.9 Å². The summed E-state index contributed by atoms with van der Waals surface area (Å²) in [6.45, 7) is 1.90. The van der Waals surface area contributed by atoms with Crippen LogP contribution in [0, 0.1) is 20.2 Å². The van der Waals surface area contributed by atoms with Gasteiger partial charge in [0.15, 0.2) is 0 Å². The van der Waals surface area contributed by atoms with Gasteiger partial charge < -0.3 is 5.11 Å². The van der Waals surface area contributed by atoms with Crippen LogP contribution in [0.5, 0.6) is 0 Å². The normalized spacial score (nSPS) is 10.4. The molecule has 114 valence electrons. The summed E-state index contributed by atoms with van der Waals surface area (Å²) in [6.07, 6.45) is 0.702. The maximum absolute atomic E-state index is 11.4. The monoisotopic (exact) mass is 322 g/mol. The van der Waals surface area contributed by atoms with Crippen LogP contribution in [-0.2, 0) is 6.42 Å². The number of thiophene rings is 1. The Kier molecular flexibility index (Phi) is 4.18. The number of nitro benzene ring substituents is 2. The van der Waals surface area contributed by atoms with Gasteiger partial charge in [-0.15, -0.1) is 11.3 Å². The number of non-ortho nitro benzene ring substituents is 1. The molecule has 0 aliphatic rings. The van der Waals surface area contributed by atoms with Crippen molar-refractivity contribution < 1.29 is 19.7 Å². The van der Waals surface area contributed by atoms with Crippen molar-refractivity contribution in [1.29, 1.82) is 0 Å². The van der Waals surface area contributed by atoms with Gasteiger partial charge in [-0.3, -0.25) is 20.2 Å². The highest BCUT2D eigenvalue weighted by Crippen LogP contribution is 2.40. The molecule has 1 heterocycles. The van der Waals surface area contributed by atoms with Crippen molar-refractivity contribution in [2.24, 2.45) is 0 Å². The zero-order chi connectivity index (χ0) is 16.4. The summed E-state index contributed by atoms with van der Waals surface area (Å²) >= 11 is 1.23. The third-order valence-corrected chi connectivity index (χ3v) is 4.24. The molecule has 8 nitrogen and oxygen atoms in total. The van der Waals surface area contributed by atoms with E-state index in [-0.39, 0.29) is 5.56 Å². The molecule has 0 unspecified atom stereocenters. The van der Waals surface area contributed by atoms with Crippen molar-refractivity contribution in [3.63, 3.8) is 0 Å².